The number of nitrogens with one attached hydrogen (secondary N) is 2. The summed E-state index contributed by atoms with van der Waals surface area (Å²) in [5.41, 5.74) is 0.360. The van der Waals surface area contributed by atoms with Crippen molar-refractivity contribution in [2.75, 3.05) is 13.7 Å². The normalized spacial score (nSPS) is 11.4. The minimum absolute atomic E-state index is 0.0995. The number of rotatable bonds is 9. The molecule has 0 atom stereocenters. The molecule has 0 aliphatic rings. The van der Waals surface area contributed by atoms with Crippen LogP contribution in [-0.2, 0) is 16.6 Å². The second-order valence-electron chi connectivity index (χ2n) is 6.52. The van der Waals surface area contributed by atoms with Crippen LogP contribution >= 0.6 is 0 Å². The zero-order valence-corrected chi connectivity index (χ0v) is 17.6. The maximum absolute atomic E-state index is 14.1. The summed E-state index contributed by atoms with van der Waals surface area (Å²) in [5.74, 6) is -0.448. The topological polar surface area (TPSA) is 93.7 Å². The first-order valence-electron chi connectivity index (χ1n) is 9.07. The number of carbonyl (C=O) groups is 1. The molecule has 29 heavy (non-hydrogen) atoms. The number of amides is 1. The van der Waals surface area contributed by atoms with Gasteiger partial charge in [-0.3, -0.25) is 4.79 Å². The summed E-state index contributed by atoms with van der Waals surface area (Å²) < 4.78 is 51.8. The number of carbonyl (C=O) groups excluding carboxylic acids is 1. The highest BCUT2D eigenvalue weighted by atomic mass is 32.2. The number of sulfonamides is 1. The van der Waals surface area contributed by atoms with Crippen molar-refractivity contribution in [2.24, 2.45) is 0 Å². The van der Waals surface area contributed by atoms with Crippen molar-refractivity contribution >= 4 is 15.9 Å². The Hall–Kier alpha value is -2.65. The van der Waals surface area contributed by atoms with Gasteiger partial charge >= 0.3 is 0 Å². The van der Waals surface area contributed by atoms with Gasteiger partial charge in [-0.1, -0.05) is 6.07 Å². The molecule has 0 spiro atoms. The van der Waals surface area contributed by atoms with Crippen molar-refractivity contribution in [1.29, 1.82) is 0 Å². The highest BCUT2D eigenvalue weighted by molar-refractivity contribution is 7.89. The molecule has 0 heterocycles. The fraction of sp³-hybridized carbons (Fsp3) is 0.350. The monoisotopic (exact) mass is 424 g/mol. The molecular weight excluding hydrogens is 399 g/mol. The van der Waals surface area contributed by atoms with Gasteiger partial charge in [-0.25, -0.2) is 17.5 Å². The average Bonchev–Trinajstić information content (AvgIpc) is 2.66. The highest BCUT2D eigenvalue weighted by Crippen LogP contribution is 2.28. The molecule has 2 aromatic rings. The van der Waals surface area contributed by atoms with E-state index in [1.165, 1.54) is 7.11 Å². The third-order valence-corrected chi connectivity index (χ3v) is 5.52. The Bertz CT molecular complexity index is 977. The number of halogens is 1. The van der Waals surface area contributed by atoms with Crippen LogP contribution in [-0.4, -0.2) is 34.1 Å². The molecule has 0 unspecified atom stereocenters. The first-order chi connectivity index (χ1) is 13.7. The van der Waals surface area contributed by atoms with Gasteiger partial charge in [0.15, 0.2) is 11.5 Å². The average molecular weight is 424 g/mol. The van der Waals surface area contributed by atoms with Gasteiger partial charge in [0.05, 0.1) is 24.2 Å². The Morgan fingerprint density at radius 3 is 2.48 bits per heavy atom. The lowest BCUT2D eigenvalue weighted by molar-refractivity contribution is 0.0946. The van der Waals surface area contributed by atoms with Crippen LogP contribution in [0.1, 0.15) is 36.7 Å². The van der Waals surface area contributed by atoms with E-state index in [9.17, 15) is 17.6 Å². The quantitative estimate of drug-likeness (QED) is 0.646. The second-order valence-corrected chi connectivity index (χ2v) is 8.23. The standard InChI is InChI=1S/C20H25FN2O5S/c1-5-28-18-9-6-14(10-19(18)27-4)12-22-20(24)16-11-15(7-8-17(16)21)29(25,26)23-13(2)3/h6-11,13,23H,5,12H2,1-4H3,(H,22,24). The van der Waals surface area contributed by atoms with Crippen molar-refractivity contribution in [3.63, 3.8) is 0 Å². The second kappa shape index (κ2) is 9.71. The molecule has 2 N–H and O–H groups in total. The zero-order chi connectivity index (χ0) is 21.6. The summed E-state index contributed by atoms with van der Waals surface area (Å²) in [7, 11) is -2.34. The maximum Gasteiger partial charge on any atom is 0.254 e. The molecule has 0 fully saturated rings. The number of benzene rings is 2. The lowest BCUT2D eigenvalue weighted by atomic mass is 10.1. The number of ether oxygens (including phenoxy) is 2. The number of hydrogen-bond acceptors (Lipinski definition) is 5. The van der Waals surface area contributed by atoms with E-state index in [2.05, 4.69) is 10.0 Å². The van der Waals surface area contributed by atoms with Gasteiger partial charge in [0.1, 0.15) is 5.82 Å². The smallest absolute Gasteiger partial charge is 0.254 e. The first kappa shape index (κ1) is 22.6. The molecule has 158 valence electrons. The molecule has 2 rings (SSSR count). The molecule has 0 saturated heterocycles. The van der Waals surface area contributed by atoms with Gasteiger partial charge < -0.3 is 14.8 Å². The fourth-order valence-electron chi connectivity index (χ4n) is 2.60. The minimum Gasteiger partial charge on any atom is -0.493 e. The SMILES string of the molecule is CCOc1ccc(CNC(=O)c2cc(S(=O)(=O)NC(C)C)ccc2F)cc1OC. The summed E-state index contributed by atoms with van der Waals surface area (Å²) in [6, 6.07) is 7.94. The third-order valence-electron chi connectivity index (χ3n) is 3.86. The fourth-order valence-corrected chi connectivity index (χ4v) is 3.88. The van der Waals surface area contributed by atoms with Crippen LogP contribution < -0.4 is 19.5 Å². The summed E-state index contributed by atoms with van der Waals surface area (Å²) in [6.45, 7) is 5.77. The maximum atomic E-state index is 14.1. The van der Waals surface area contributed by atoms with E-state index >= 15 is 0 Å². The molecule has 0 saturated carbocycles. The van der Waals surface area contributed by atoms with Crippen LogP contribution in [0.2, 0.25) is 0 Å². The zero-order valence-electron chi connectivity index (χ0n) is 16.8. The molecule has 0 aliphatic carbocycles. The molecule has 0 radical (unpaired) electrons. The molecule has 0 bridgehead atoms. The molecular formula is C20H25FN2O5S. The van der Waals surface area contributed by atoms with E-state index < -0.39 is 21.7 Å². The van der Waals surface area contributed by atoms with Crippen LogP contribution in [0, 0.1) is 5.82 Å². The summed E-state index contributed by atoms with van der Waals surface area (Å²) in [4.78, 5) is 12.3. The van der Waals surface area contributed by atoms with Gasteiger partial charge in [0, 0.05) is 12.6 Å². The van der Waals surface area contributed by atoms with Gasteiger partial charge in [-0.05, 0) is 56.7 Å². The lowest BCUT2D eigenvalue weighted by Gasteiger charge is -2.13. The van der Waals surface area contributed by atoms with E-state index in [0.717, 1.165) is 18.2 Å². The van der Waals surface area contributed by atoms with Crippen LogP contribution in [0.4, 0.5) is 4.39 Å². The van der Waals surface area contributed by atoms with Gasteiger partial charge in [0.2, 0.25) is 10.0 Å². The first-order valence-corrected chi connectivity index (χ1v) is 10.6. The minimum atomic E-state index is -3.85. The largest absolute Gasteiger partial charge is 0.493 e. The van der Waals surface area contributed by atoms with E-state index in [1.54, 1.807) is 32.0 Å². The predicted molar refractivity (Wildman–Crippen MR) is 107 cm³/mol. The van der Waals surface area contributed by atoms with Crippen molar-refractivity contribution in [1.82, 2.24) is 10.0 Å². The molecule has 9 heteroatoms. The van der Waals surface area contributed by atoms with E-state index in [4.69, 9.17) is 9.47 Å². The Balaban J connectivity index is 2.18. The van der Waals surface area contributed by atoms with Crippen LogP contribution in [0.25, 0.3) is 0 Å². The van der Waals surface area contributed by atoms with Gasteiger partial charge in [0.25, 0.3) is 5.91 Å². The molecule has 0 aromatic heterocycles. The molecule has 0 aliphatic heterocycles. The Kier molecular flexibility index (Phi) is 7.58. The Labute approximate surface area is 170 Å². The van der Waals surface area contributed by atoms with Crippen LogP contribution in [0.3, 0.4) is 0 Å². The van der Waals surface area contributed by atoms with Crippen molar-refractivity contribution in [3.8, 4) is 11.5 Å². The number of methoxy groups -OCH3 is 1. The van der Waals surface area contributed by atoms with Gasteiger partial charge in [-0.15, -0.1) is 0 Å². The Morgan fingerprint density at radius 1 is 1.14 bits per heavy atom. The Morgan fingerprint density at radius 2 is 1.86 bits per heavy atom. The van der Waals surface area contributed by atoms with Gasteiger partial charge in [-0.2, -0.15) is 0 Å². The number of hydrogen-bond donors (Lipinski definition) is 2. The summed E-state index contributed by atoms with van der Waals surface area (Å²) >= 11 is 0. The third kappa shape index (κ3) is 5.91. The molecule has 2 aromatic carbocycles. The van der Waals surface area contributed by atoms with E-state index in [0.29, 0.717) is 23.7 Å². The van der Waals surface area contributed by atoms with Crippen LogP contribution in [0.15, 0.2) is 41.3 Å². The summed E-state index contributed by atoms with van der Waals surface area (Å²) in [5, 5.41) is 2.59. The highest BCUT2D eigenvalue weighted by Gasteiger charge is 2.20. The lowest BCUT2D eigenvalue weighted by Crippen LogP contribution is -2.31. The van der Waals surface area contributed by atoms with Crippen molar-refractivity contribution in [3.05, 3.63) is 53.3 Å². The molecule has 7 nitrogen and oxygen atoms in total. The molecule has 1 amide bonds. The predicted octanol–water partition coefficient (Wildman–Crippen LogP) is 2.85. The van der Waals surface area contributed by atoms with Crippen molar-refractivity contribution in [2.45, 2.75) is 38.3 Å². The summed E-state index contributed by atoms with van der Waals surface area (Å²) in [6.07, 6.45) is 0. The van der Waals surface area contributed by atoms with E-state index in [-0.39, 0.29) is 23.0 Å². The van der Waals surface area contributed by atoms with Crippen molar-refractivity contribution < 1.29 is 27.1 Å². The van der Waals surface area contributed by atoms with Crippen LogP contribution in [0.5, 0.6) is 11.5 Å². The van der Waals surface area contributed by atoms with E-state index in [1.807, 2.05) is 6.92 Å².